The lowest BCUT2D eigenvalue weighted by Gasteiger charge is -2.20. The first-order chi connectivity index (χ1) is 10.1. The van der Waals surface area contributed by atoms with E-state index in [1.54, 1.807) is 12.1 Å². The summed E-state index contributed by atoms with van der Waals surface area (Å²) in [6, 6.07) is 10.9. The fraction of sp³-hybridized carbons (Fsp3) is 0.118. The highest BCUT2D eigenvalue weighted by atomic mass is 16.5. The van der Waals surface area contributed by atoms with E-state index in [2.05, 4.69) is 5.32 Å². The van der Waals surface area contributed by atoms with Gasteiger partial charge in [0.1, 0.15) is 11.5 Å². The van der Waals surface area contributed by atoms with Crippen molar-refractivity contribution in [2.45, 2.75) is 6.92 Å². The first-order valence-corrected chi connectivity index (χ1v) is 6.66. The standard InChI is InChI=1S/C17H15NO3/c1-11-8-13(3-2-12-4-6-14(19)7-5-12)9-15-17(11)21-10-16(20)18-15/h2-9,19H,10H2,1H3,(H,18,20)/b3-2+. The number of carbonyl (C=O) groups excluding carboxylic acids is 1. The Kier molecular flexibility index (Phi) is 3.36. The van der Waals surface area contributed by atoms with Gasteiger partial charge in [0.15, 0.2) is 6.61 Å². The average Bonchev–Trinajstić information content (AvgIpc) is 2.46. The van der Waals surface area contributed by atoms with E-state index in [-0.39, 0.29) is 18.3 Å². The number of fused-ring (bicyclic) bond motifs is 1. The lowest BCUT2D eigenvalue weighted by atomic mass is 10.1. The van der Waals surface area contributed by atoms with Gasteiger partial charge >= 0.3 is 0 Å². The molecule has 2 aromatic carbocycles. The Morgan fingerprint density at radius 2 is 1.86 bits per heavy atom. The molecule has 3 rings (SSSR count). The molecule has 0 aliphatic carbocycles. The van der Waals surface area contributed by atoms with E-state index in [0.717, 1.165) is 22.4 Å². The largest absolute Gasteiger partial charge is 0.508 e. The summed E-state index contributed by atoms with van der Waals surface area (Å²) < 4.78 is 5.43. The molecule has 2 N–H and O–H groups in total. The first kappa shape index (κ1) is 13.2. The molecule has 0 saturated carbocycles. The maximum atomic E-state index is 11.4. The molecule has 1 heterocycles. The molecule has 0 radical (unpaired) electrons. The van der Waals surface area contributed by atoms with Gasteiger partial charge in [-0.05, 0) is 47.9 Å². The van der Waals surface area contributed by atoms with E-state index in [1.165, 1.54) is 0 Å². The fourth-order valence-corrected chi connectivity index (χ4v) is 2.28. The van der Waals surface area contributed by atoms with Crippen molar-refractivity contribution in [3.8, 4) is 11.5 Å². The van der Waals surface area contributed by atoms with Crippen LogP contribution < -0.4 is 10.1 Å². The van der Waals surface area contributed by atoms with Crippen molar-refractivity contribution in [3.63, 3.8) is 0 Å². The van der Waals surface area contributed by atoms with Crippen molar-refractivity contribution in [2.75, 3.05) is 11.9 Å². The van der Waals surface area contributed by atoms with Crippen molar-refractivity contribution in [1.82, 2.24) is 0 Å². The molecule has 1 amide bonds. The van der Waals surface area contributed by atoms with Crippen LogP contribution in [0.2, 0.25) is 0 Å². The van der Waals surface area contributed by atoms with Crippen molar-refractivity contribution in [3.05, 3.63) is 53.1 Å². The minimum Gasteiger partial charge on any atom is -0.508 e. The third kappa shape index (κ3) is 2.89. The summed E-state index contributed by atoms with van der Waals surface area (Å²) in [5, 5.41) is 12.1. The van der Waals surface area contributed by atoms with Gasteiger partial charge in [-0.25, -0.2) is 0 Å². The normalized spacial score (nSPS) is 13.7. The molecule has 21 heavy (non-hydrogen) atoms. The molecular weight excluding hydrogens is 266 g/mol. The van der Waals surface area contributed by atoms with Gasteiger partial charge in [-0.2, -0.15) is 0 Å². The number of aryl methyl sites for hydroxylation is 1. The highest BCUT2D eigenvalue weighted by Gasteiger charge is 2.17. The van der Waals surface area contributed by atoms with E-state index in [1.807, 2.05) is 43.3 Å². The number of phenolic OH excluding ortho intramolecular Hbond substituents is 1. The zero-order valence-electron chi connectivity index (χ0n) is 11.6. The number of rotatable bonds is 2. The van der Waals surface area contributed by atoms with Gasteiger partial charge in [0.2, 0.25) is 0 Å². The number of amides is 1. The summed E-state index contributed by atoms with van der Waals surface area (Å²) in [4.78, 5) is 11.4. The van der Waals surface area contributed by atoms with Crippen molar-refractivity contribution in [2.24, 2.45) is 0 Å². The Labute approximate surface area is 122 Å². The van der Waals surface area contributed by atoms with Gasteiger partial charge in [-0.3, -0.25) is 4.79 Å². The molecule has 0 aromatic heterocycles. The van der Waals surface area contributed by atoms with Gasteiger partial charge < -0.3 is 15.2 Å². The van der Waals surface area contributed by atoms with E-state index >= 15 is 0 Å². The number of anilines is 1. The molecule has 0 bridgehead atoms. The molecule has 4 heteroatoms. The lowest BCUT2D eigenvalue weighted by molar-refractivity contribution is -0.118. The predicted octanol–water partition coefficient (Wildman–Crippen LogP) is 3.20. The van der Waals surface area contributed by atoms with Crippen molar-refractivity contribution < 1.29 is 14.6 Å². The molecule has 0 fully saturated rings. The Bertz CT molecular complexity index is 718. The zero-order valence-corrected chi connectivity index (χ0v) is 11.6. The van der Waals surface area contributed by atoms with Crippen LogP contribution in [0.25, 0.3) is 12.2 Å². The SMILES string of the molecule is Cc1cc(/C=C/c2ccc(O)cc2)cc2c1OCC(=O)N2. The zero-order chi connectivity index (χ0) is 14.8. The number of phenols is 1. The van der Waals surface area contributed by atoms with E-state index < -0.39 is 0 Å². The van der Waals surface area contributed by atoms with Gasteiger partial charge in [-0.15, -0.1) is 0 Å². The van der Waals surface area contributed by atoms with E-state index in [0.29, 0.717) is 5.69 Å². The summed E-state index contributed by atoms with van der Waals surface area (Å²) in [5.41, 5.74) is 3.66. The number of carbonyl (C=O) groups is 1. The minimum atomic E-state index is -0.137. The Morgan fingerprint density at radius 3 is 2.62 bits per heavy atom. The molecule has 1 aliphatic heterocycles. The second-order valence-corrected chi connectivity index (χ2v) is 4.98. The maximum absolute atomic E-state index is 11.4. The minimum absolute atomic E-state index is 0.0660. The van der Waals surface area contributed by atoms with Crippen LogP contribution in [0, 0.1) is 6.92 Å². The molecule has 0 spiro atoms. The van der Waals surface area contributed by atoms with Crippen LogP contribution >= 0.6 is 0 Å². The molecule has 1 aliphatic rings. The Morgan fingerprint density at radius 1 is 1.14 bits per heavy atom. The first-order valence-electron chi connectivity index (χ1n) is 6.66. The van der Waals surface area contributed by atoms with E-state index in [9.17, 15) is 9.90 Å². The molecular formula is C17H15NO3. The number of benzene rings is 2. The van der Waals surface area contributed by atoms with Crippen LogP contribution in [0.1, 0.15) is 16.7 Å². The van der Waals surface area contributed by atoms with Crippen LogP contribution in [0.3, 0.4) is 0 Å². The van der Waals surface area contributed by atoms with Gasteiger partial charge in [-0.1, -0.05) is 24.3 Å². The summed E-state index contributed by atoms with van der Waals surface area (Å²) in [5.74, 6) is 0.842. The van der Waals surface area contributed by atoms with Gasteiger partial charge in [0, 0.05) is 0 Å². The highest BCUT2D eigenvalue weighted by molar-refractivity contribution is 5.96. The smallest absolute Gasteiger partial charge is 0.262 e. The number of hydrogen-bond acceptors (Lipinski definition) is 3. The van der Waals surface area contributed by atoms with Crippen molar-refractivity contribution >= 4 is 23.7 Å². The predicted molar refractivity (Wildman–Crippen MR) is 82.3 cm³/mol. The number of ether oxygens (including phenoxy) is 1. The number of hydrogen-bond donors (Lipinski definition) is 2. The lowest BCUT2D eigenvalue weighted by Crippen LogP contribution is -2.25. The van der Waals surface area contributed by atoms with Crippen LogP contribution in [-0.2, 0) is 4.79 Å². The second-order valence-electron chi connectivity index (χ2n) is 4.98. The topological polar surface area (TPSA) is 58.6 Å². The molecule has 4 nitrogen and oxygen atoms in total. The summed E-state index contributed by atoms with van der Waals surface area (Å²) in [7, 11) is 0. The van der Waals surface area contributed by atoms with Gasteiger partial charge in [0.25, 0.3) is 5.91 Å². The second kappa shape index (κ2) is 5.32. The molecule has 2 aromatic rings. The Balaban J connectivity index is 1.89. The highest BCUT2D eigenvalue weighted by Crippen LogP contribution is 2.33. The average molecular weight is 281 g/mol. The summed E-state index contributed by atoms with van der Waals surface area (Å²) in [6.07, 6.45) is 3.91. The van der Waals surface area contributed by atoms with Crippen molar-refractivity contribution in [1.29, 1.82) is 0 Å². The quantitative estimate of drug-likeness (QED) is 0.831. The monoisotopic (exact) mass is 281 g/mol. The molecule has 106 valence electrons. The fourth-order valence-electron chi connectivity index (χ4n) is 2.28. The Hall–Kier alpha value is -2.75. The number of nitrogens with one attached hydrogen (secondary N) is 1. The van der Waals surface area contributed by atoms with Crippen LogP contribution in [-0.4, -0.2) is 17.6 Å². The molecule has 0 unspecified atom stereocenters. The third-order valence-corrected chi connectivity index (χ3v) is 3.28. The number of aromatic hydroxyl groups is 1. The molecule has 0 atom stereocenters. The third-order valence-electron chi connectivity index (χ3n) is 3.28. The van der Waals surface area contributed by atoms with Crippen LogP contribution in [0.15, 0.2) is 36.4 Å². The van der Waals surface area contributed by atoms with Gasteiger partial charge in [0.05, 0.1) is 5.69 Å². The van der Waals surface area contributed by atoms with Crippen LogP contribution in [0.4, 0.5) is 5.69 Å². The maximum Gasteiger partial charge on any atom is 0.262 e. The molecule has 0 saturated heterocycles. The summed E-state index contributed by atoms with van der Waals surface area (Å²) >= 11 is 0. The summed E-state index contributed by atoms with van der Waals surface area (Å²) in [6.45, 7) is 2.02. The van der Waals surface area contributed by atoms with Crippen LogP contribution in [0.5, 0.6) is 11.5 Å². The van der Waals surface area contributed by atoms with E-state index in [4.69, 9.17) is 4.74 Å².